The largest absolute Gasteiger partial charge is 0.378 e. The highest BCUT2D eigenvalue weighted by Crippen LogP contribution is 2.30. The Morgan fingerprint density at radius 1 is 0.912 bits per heavy atom. The first-order valence-corrected chi connectivity index (χ1v) is 13.1. The van der Waals surface area contributed by atoms with Crippen LogP contribution in [0.1, 0.15) is 53.8 Å². The lowest BCUT2D eigenvalue weighted by atomic mass is 10.0. The number of morpholine rings is 1. The molecule has 0 aromatic heterocycles. The lowest BCUT2D eigenvalue weighted by Crippen LogP contribution is -2.47. The minimum absolute atomic E-state index is 0.0476. The fraction of sp³-hybridized carbons (Fsp3) is 0.440. The SMILES string of the molecule is C[C@@H]1CCC[C@H](C)N1S(=O)(=O)c1ccc(NC(=O)c2ccccc2C(=O)N2CCOCC2)cc1. The van der Waals surface area contributed by atoms with Crippen LogP contribution in [0.2, 0.25) is 0 Å². The summed E-state index contributed by atoms with van der Waals surface area (Å²) in [5.74, 6) is -0.633. The zero-order valence-electron chi connectivity index (χ0n) is 19.6. The molecule has 0 spiro atoms. The van der Waals surface area contributed by atoms with Crippen LogP contribution >= 0.6 is 0 Å². The number of hydrogen-bond acceptors (Lipinski definition) is 5. The third-order valence-electron chi connectivity index (χ3n) is 6.50. The number of benzene rings is 2. The first kappa shape index (κ1) is 24.4. The molecule has 2 amide bonds. The van der Waals surface area contributed by atoms with Crippen LogP contribution < -0.4 is 5.32 Å². The molecule has 0 unspecified atom stereocenters. The molecule has 2 saturated heterocycles. The molecule has 0 aliphatic carbocycles. The summed E-state index contributed by atoms with van der Waals surface area (Å²) in [4.78, 5) is 27.8. The Morgan fingerprint density at radius 3 is 2.12 bits per heavy atom. The zero-order chi connectivity index (χ0) is 24.3. The van der Waals surface area contributed by atoms with Gasteiger partial charge in [-0.2, -0.15) is 4.31 Å². The molecule has 2 aromatic carbocycles. The van der Waals surface area contributed by atoms with Gasteiger partial charge in [-0.25, -0.2) is 8.42 Å². The molecular weight excluding hydrogens is 454 g/mol. The number of hydrogen-bond donors (Lipinski definition) is 1. The van der Waals surface area contributed by atoms with Crippen molar-refractivity contribution in [1.82, 2.24) is 9.21 Å². The number of nitrogens with one attached hydrogen (secondary N) is 1. The number of amides is 2. The maximum atomic E-state index is 13.2. The highest BCUT2D eigenvalue weighted by atomic mass is 32.2. The molecule has 0 radical (unpaired) electrons. The molecule has 4 rings (SSSR count). The summed E-state index contributed by atoms with van der Waals surface area (Å²) in [6, 6.07) is 12.8. The van der Waals surface area contributed by atoms with E-state index in [1.165, 1.54) is 12.1 Å². The molecule has 34 heavy (non-hydrogen) atoms. The first-order valence-electron chi connectivity index (χ1n) is 11.7. The number of carbonyl (C=O) groups excluding carboxylic acids is 2. The molecule has 8 nitrogen and oxygen atoms in total. The van der Waals surface area contributed by atoms with E-state index in [1.807, 2.05) is 13.8 Å². The molecule has 2 atom stereocenters. The number of carbonyl (C=O) groups is 2. The van der Waals surface area contributed by atoms with E-state index in [-0.39, 0.29) is 28.4 Å². The van der Waals surface area contributed by atoms with Crippen molar-refractivity contribution < 1.29 is 22.7 Å². The molecule has 2 aliphatic rings. The van der Waals surface area contributed by atoms with E-state index in [0.717, 1.165) is 19.3 Å². The van der Waals surface area contributed by atoms with Gasteiger partial charge in [-0.05, 0) is 63.1 Å². The molecule has 182 valence electrons. The minimum atomic E-state index is -3.63. The van der Waals surface area contributed by atoms with Crippen molar-refractivity contribution >= 4 is 27.5 Å². The van der Waals surface area contributed by atoms with E-state index >= 15 is 0 Å². The Hall–Kier alpha value is -2.75. The number of piperidine rings is 1. The van der Waals surface area contributed by atoms with E-state index in [4.69, 9.17) is 4.74 Å². The molecule has 9 heteroatoms. The minimum Gasteiger partial charge on any atom is -0.378 e. The number of sulfonamides is 1. The Morgan fingerprint density at radius 2 is 1.50 bits per heavy atom. The standard InChI is InChI=1S/C25H31N3O5S/c1-18-6-5-7-19(2)28(18)34(31,32)21-12-10-20(11-13-21)26-24(29)22-8-3-4-9-23(22)25(30)27-14-16-33-17-15-27/h3-4,8-13,18-19H,5-7,14-17H2,1-2H3,(H,26,29)/t18-,19+. The van der Waals surface area contributed by atoms with Crippen molar-refractivity contribution in [3.05, 3.63) is 59.7 Å². The second-order valence-electron chi connectivity index (χ2n) is 8.89. The summed E-state index contributed by atoms with van der Waals surface area (Å²) in [6.07, 6.45) is 2.72. The molecule has 2 aromatic rings. The second kappa shape index (κ2) is 10.2. The Balaban J connectivity index is 1.50. The lowest BCUT2D eigenvalue weighted by molar-refractivity contribution is 0.0302. The summed E-state index contributed by atoms with van der Waals surface area (Å²) in [5.41, 5.74) is 1.05. The van der Waals surface area contributed by atoms with Crippen LogP contribution in [0.3, 0.4) is 0 Å². The quantitative estimate of drug-likeness (QED) is 0.701. The normalized spacial score (nSPS) is 21.8. The van der Waals surface area contributed by atoms with Gasteiger partial charge in [0.15, 0.2) is 0 Å². The number of anilines is 1. The number of ether oxygens (including phenoxy) is 1. The van der Waals surface area contributed by atoms with Crippen molar-refractivity contribution in [1.29, 1.82) is 0 Å². The van der Waals surface area contributed by atoms with Crippen molar-refractivity contribution in [3.8, 4) is 0 Å². The number of nitrogens with zero attached hydrogens (tertiary/aromatic N) is 2. The first-order chi connectivity index (χ1) is 16.3. The van der Waals surface area contributed by atoms with Gasteiger partial charge in [0.2, 0.25) is 10.0 Å². The lowest BCUT2D eigenvalue weighted by Gasteiger charge is -2.37. The van der Waals surface area contributed by atoms with E-state index < -0.39 is 15.9 Å². The third kappa shape index (κ3) is 5.01. The Bertz CT molecular complexity index is 1130. The van der Waals surface area contributed by atoms with Crippen molar-refractivity contribution in [2.45, 2.75) is 50.1 Å². The van der Waals surface area contributed by atoms with Gasteiger partial charge in [0.1, 0.15) is 0 Å². The topological polar surface area (TPSA) is 96.0 Å². The summed E-state index contributed by atoms with van der Waals surface area (Å²) in [6.45, 7) is 5.81. The summed E-state index contributed by atoms with van der Waals surface area (Å²) in [7, 11) is -3.63. The van der Waals surface area contributed by atoms with Gasteiger partial charge in [-0.1, -0.05) is 18.6 Å². The molecule has 2 heterocycles. The number of rotatable bonds is 5. The summed E-state index contributed by atoms with van der Waals surface area (Å²) >= 11 is 0. The predicted molar refractivity (Wildman–Crippen MR) is 129 cm³/mol. The predicted octanol–water partition coefficient (Wildman–Crippen LogP) is 3.36. The Kier molecular flexibility index (Phi) is 7.35. The average molecular weight is 486 g/mol. The van der Waals surface area contributed by atoms with Gasteiger partial charge >= 0.3 is 0 Å². The average Bonchev–Trinajstić information content (AvgIpc) is 2.84. The zero-order valence-corrected chi connectivity index (χ0v) is 20.4. The van der Waals surface area contributed by atoms with Crippen LogP contribution in [0, 0.1) is 0 Å². The molecule has 2 fully saturated rings. The molecule has 1 N–H and O–H groups in total. The Labute approximate surface area is 200 Å². The molecule has 2 aliphatic heterocycles. The monoisotopic (exact) mass is 485 g/mol. The van der Waals surface area contributed by atoms with Gasteiger partial charge < -0.3 is 15.0 Å². The van der Waals surface area contributed by atoms with E-state index in [9.17, 15) is 18.0 Å². The van der Waals surface area contributed by atoms with Crippen molar-refractivity contribution in [2.24, 2.45) is 0 Å². The van der Waals surface area contributed by atoms with Crippen LogP contribution in [0.15, 0.2) is 53.4 Å². The van der Waals surface area contributed by atoms with E-state index in [1.54, 1.807) is 45.6 Å². The summed E-state index contributed by atoms with van der Waals surface area (Å²) < 4.78 is 33.3. The molecule has 0 bridgehead atoms. The fourth-order valence-corrected chi connectivity index (χ4v) is 6.59. The summed E-state index contributed by atoms with van der Waals surface area (Å²) in [5, 5.41) is 2.79. The highest BCUT2D eigenvalue weighted by Gasteiger charge is 2.35. The van der Waals surface area contributed by atoms with Crippen LogP contribution in [0.4, 0.5) is 5.69 Å². The maximum Gasteiger partial charge on any atom is 0.256 e. The molecule has 0 saturated carbocycles. The van der Waals surface area contributed by atoms with Gasteiger partial charge in [-0.3, -0.25) is 9.59 Å². The molecular formula is C25H31N3O5S. The van der Waals surface area contributed by atoms with Crippen LogP contribution in [0.5, 0.6) is 0 Å². The van der Waals surface area contributed by atoms with Crippen molar-refractivity contribution in [3.63, 3.8) is 0 Å². The van der Waals surface area contributed by atoms with Gasteiger partial charge in [-0.15, -0.1) is 0 Å². The van der Waals surface area contributed by atoms with E-state index in [2.05, 4.69) is 5.32 Å². The highest BCUT2D eigenvalue weighted by molar-refractivity contribution is 7.89. The van der Waals surface area contributed by atoms with Gasteiger partial charge in [0.25, 0.3) is 11.8 Å². The second-order valence-corrected chi connectivity index (χ2v) is 10.7. The van der Waals surface area contributed by atoms with Crippen molar-refractivity contribution in [2.75, 3.05) is 31.6 Å². The van der Waals surface area contributed by atoms with Gasteiger partial charge in [0, 0.05) is 30.9 Å². The smallest absolute Gasteiger partial charge is 0.256 e. The van der Waals surface area contributed by atoms with Crippen LogP contribution in [0.25, 0.3) is 0 Å². The van der Waals surface area contributed by atoms with Gasteiger partial charge in [0.05, 0.1) is 29.2 Å². The van der Waals surface area contributed by atoms with Crippen LogP contribution in [-0.2, 0) is 14.8 Å². The van der Waals surface area contributed by atoms with E-state index in [0.29, 0.717) is 37.6 Å². The fourth-order valence-electron chi connectivity index (χ4n) is 4.71. The maximum absolute atomic E-state index is 13.2. The van der Waals surface area contributed by atoms with Crippen LogP contribution in [-0.4, -0.2) is 67.8 Å². The third-order valence-corrected chi connectivity index (χ3v) is 8.64.